The molecule has 3 rings (SSSR count). The van der Waals surface area contributed by atoms with Crippen LogP contribution in [-0.4, -0.2) is 67.7 Å². The quantitative estimate of drug-likeness (QED) is 0.705. The molecule has 1 aromatic rings. The number of hydrogen-bond donors (Lipinski definition) is 0. The average Bonchev–Trinajstić information content (AvgIpc) is 2.96. The summed E-state index contributed by atoms with van der Waals surface area (Å²) in [7, 11) is -3.11. The van der Waals surface area contributed by atoms with Crippen molar-refractivity contribution in [3.05, 3.63) is 34.1 Å². The third kappa shape index (κ3) is 4.03. The summed E-state index contributed by atoms with van der Waals surface area (Å²) in [5.41, 5.74) is -0.00367. The highest BCUT2D eigenvalue weighted by molar-refractivity contribution is 9.10. The molecular weight excluding hydrogens is 415 g/mol. The van der Waals surface area contributed by atoms with Crippen LogP contribution >= 0.6 is 15.9 Å². The molecule has 1 aromatic carbocycles. The largest absolute Gasteiger partial charge is 0.339 e. The molecule has 0 aromatic heterocycles. The Morgan fingerprint density at radius 1 is 1.12 bits per heavy atom. The van der Waals surface area contributed by atoms with Gasteiger partial charge in [0.2, 0.25) is 5.91 Å². The zero-order valence-electron chi connectivity index (χ0n) is 13.5. The van der Waals surface area contributed by atoms with Gasteiger partial charge in [0.25, 0.3) is 5.91 Å². The van der Waals surface area contributed by atoms with E-state index in [0.29, 0.717) is 37.1 Å². The van der Waals surface area contributed by atoms with E-state index >= 15 is 0 Å². The summed E-state index contributed by atoms with van der Waals surface area (Å²) in [5.74, 6) is -1.66. The van der Waals surface area contributed by atoms with Crippen molar-refractivity contribution in [3.63, 3.8) is 0 Å². The van der Waals surface area contributed by atoms with Crippen LogP contribution in [0, 0.1) is 11.7 Å². The van der Waals surface area contributed by atoms with Crippen molar-refractivity contribution < 1.29 is 22.4 Å². The van der Waals surface area contributed by atoms with E-state index in [4.69, 9.17) is 0 Å². The number of benzene rings is 1. The van der Waals surface area contributed by atoms with Gasteiger partial charge in [0, 0.05) is 30.7 Å². The van der Waals surface area contributed by atoms with Crippen molar-refractivity contribution >= 4 is 37.6 Å². The van der Waals surface area contributed by atoms with E-state index in [1.165, 1.54) is 23.1 Å². The number of carbonyl (C=O) groups excluding carboxylic acids is 2. The van der Waals surface area contributed by atoms with E-state index < -0.39 is 27.5 Å². The highest BCUT2D eigenvalue weighted by atomic mass is 79.9. The third-order valence-corrected chi connectivity index (χ3v) is 6.88. The van der Waals surface area contributed by atoms with Crippen molar-refractivity contribution in [2.75, 3.05) is 37.7 Å². The maximum Gasteiger partial charge on any atom is 0.256 e. The predicted octanol–water partition coefficient (Wildman–Crippen LogP) is 1.31. The van der Waals surface area contributed by atoms with Crippen molar-refractivity contribution in [2.24, 2.45) is 5.92 Å². The highest BCUT2D eigenvalue weighted by Gasteiger charge is 2.36. The van der Waals surface area contributed by atoms with Crippen molar-refractivity contribution in [3.8, 4) is 0 Å². The van der Waals surface area contributed by atoms with Crippen LogP contribution in [0.15, 0.2) is 22.7 Å². The normalized spacial score (nSPS) is 22.9. The van der Waals surface area contributed by atoms with Crippen molar-refractivity contribution in [1.29, 1.82) is 0 Å². The van der Waals surface area contributed by atoms with Crippen LogP contribution in [0.25, 0.3) is 0 Å². The molecule has 0 aliphatic carbocycles. The summed E-state index contributed by atoms with van der Waals surface area (Å²) in [5, 5.41) is 0. The SMILES string of the molecule is O=C(c1cc(Br)ccc1F)N1CCN(C(=O)[C@H]2CCS(=O)(=O)C2)CC1. The molecule has 136 valence electrons. The molecule has 0 radical (unpaired) electrons. The summed E-state index contributed by atoms with van der Waals surface area (Å²) in [6.07, 6.45) is 0.365. The van der Waals surface area contributed by atoms with E-state index in [0.717, 1.165) is 0 Å². The first-order valence-electron chi connectivity index (χ1n) is 8.00. The van der Waals surface area contributed by atoms with E-state index in [9.17, 15) is 22.4 Å². The molecule has 0 spiro atoms. The highest BCUT2D eigenvalue weighted by Crippen LogP contribution is 2.22. The molecule has 2 aliphatic rings. The lowest BCUT2D eigenvalue weighted by molar-refractivity contribution is -0.136. The molecule has 6 nitrogen and oxygen atoms in total. The molecule has 2 fully saturated rings. The van der Waals surface area contributed by atoms with Gasteiger partial charge < -0.3 is 9.80 Å². The molecule has 1 atom stereocenters. The summed E-state index contributed by atoms with van der Waals surface area (Å²) >= 11 is 3.22. The predicted molar refractivity (Wildman–Crippen MR) is 93.3 cm³/mol. The fourth-order valence-electron chi connectivity index (χ4n) is 3.21. The first-order valence-corrected chi connectivity index (χ1v) is 10.6. The van der Waals surface area contributed by atoms with Gasteiger partial charge in [-0.2, -0.15) is 0 Å². The zero-order chi connectivity index (χ0) is 18.2. The molecule has 2 saturated heterocycles. The lowest BCUT2D eigenvalue weighted by Gasteiger charge is -2.36. The Balaban J connectivity index is 1.61. The van der Waals surface area contributed by atoms with Crippen molar-refractivity contribution in [2.45, 2.75) is 6.42 Å². The summed E-state index contributed by atoms with van der Waals surface area (Å²) in [6.45, 7) is 1.26. The Morgan fingerprint density at radius 2 is 1.76 bits per heavy atom. The summed E-state index contributed by atoms with van der Waals surface area (Å²) in [6, 6.07) is 4.20. The van der Waals surface area contributed by atoms with Crippen LogP contribution in [0.5, 0.6) is 0 Å². The fraction of sp³-hybridized carbons (Fsp3) is 0.500. The number of nitrogens with zero attached hydrogens (tertiary/aromatic N) is 2. The van der Waals surface area contributed by atoms with Gasteiger partial charge in [-0.1, -0.05) is 15.9 Å². The number of rotatable bonds is 2. The topological polar surface area (TPSA) is 74.8 Å². The van der Waals surface area contributed by atoms with Gasteiger partial charge in [0.05, 0.1) is 23.0 Å². The van der Waals surface area contributed by atoms with E-state index in [1.54, 1.807) is 4.90 Å². The Bertz CT molecular complexity index is 806. The first-order chi connectivity index (χ1) is 11.8. The lowest BCUT2D eigenvalue weighted by Crippen LogP contribution is -2.52. The van der Waals surface area contributed by atoms with Crippen LogP contribution in [0.4, 0.5) is 4.39 Å². The van der Waals surface area contributed by atoms with Gasteiger partial charge in [-0.15, -0.1) is 0 Å². The van der Waals surface area contributed by atoms with E-state index in [1.807, 2.05) is 0 Å². The number of piperazine rings is 1. The van der Waals surface area contributed by atoms with Gasteiger partial charge in [0.1, 0.15) is 5.82 Å². The number of carbonyl (C=O) groups is 2. The van der Waals surface area contributed by atoms with Gasteiger partial charge >= 0.3 is 0 Å². The van der Waals surface area contributed by atoms with Crippen LogP contribution in [0.2, 0.25) is 0 Å². The molecule has 25 heavy (non-hydrogen) atoms. The molecule has 0 saturated carbocycles. The van der Waals surface area contributed by atoms with Crippen LogP contribution in [0.1, 0.15) is 16.8 Å². The first kappa shape index (κ1) is 18.3. The smallest absolute Gasteiger partial charge is 0.256 e. The lowest BCUT2D eigenvalue weighted by atomic mass is 10.1. The monoisotopic (exact) mass is 432 g/mol. The molecule has 0 N–H and O–H groups in total. The number of halogens is 2. The maximum atomic E-state index is 13.9. The van der Waals surface area contributed by atoms with Crippen molar-refractivity contribution in [1.82, 2.24) is 9.80 Å². The minimum Gasteiger partial charge on any atom is -0.339 e. The molecule has 0 unspecified atom stereocenters. The Morgan fingerprint density at radius 3 is 2.36 bits per heavy atom. The number of hydrogen-bond acceptors (Lipinski definition) is 4. The third-order valence-electron chi connectivity index (χ3n) is 4.62. The Hall–Kier alpha value is -1.48. The standard InChI is InChI=1S/C16H18BrFN2O4S/c17-12-1-2-14(18)13(9-12)16(22)20-6-4-19(5-7-20)15(21)11-3-8-25(23,24)10-11/h1-2,9,11H,3-8,10H2/t11-/m0/s1. The van der Waals surface area contributed by atoms with Crippen LogP contribution < -0.4 is 0 Å². The molecule has 2 amide bonds. The Kier molecular flexibility index (Phi) is 5.15. The summed E-state index contributed by atoms with van der Waals surface area (Å²) < 4.78 is 37.5. The van der Waals surface area contributed by atoms with Gasteiger partial charge in [-0.3, -0.25) is 9.59 Å². The van der Waals surface area contributed by atoms with Gasteiger partial charge in [-0.05, 0) is 24.6 Å². The fourth-order valence-corrected chi connectivity index (χ4v) is 5.30. The zero-order valence-corrected chi connectivity index (χ0v) is 15.9. The van der Waals surface area contributed by atoms with Gasteiger partial charge in [0.15, 0.2) is 9.84 Å². The van der Waals surface area contributed by atoms with Gasteiger partial charge in [-0.25, -0.2) is 12.8 Å². The summed E-state index contributed by atoms with van der Waals surface area (Å²) in [4.78, 5) is 28.0. The second-order valence-corrected chi connectivity index (χ2v) is 9.49. The van der Waals surface area contributed by atoms with E-state index in [2.05, 4.69) is 15.9 Å². The Labute approximate surface area is 154 Å². The second-order valence-electron chi connectivity index (χ2n) is 6.34. The average molecular weight is 433 g/mol. The molecule has 2 aliphatic heterocycles. The van der Waals surface area contributed by atoms with E-state index in [-0.39, 0.29) is 23.0 Å². The molecule has 0 bridgehead atoms. The number of amides is 2. The maximum absolute atomic E-state index is 13.9. The van der Waals surface area contributed by atoms with Crippen LogP contribution in [0.3, 0.4) is 0 Å². The molecular formula is C16H18BrFN2O4S. The molecule has 9 heteroatoms. The van der Waals surface area contributed by atoms with Crippen LogP contribution in [-0.2, 0) is 14.6 Å². The minimum atomic E-state index is -3.11. The minimum absolute atomic E-state index is 0.00367. The second kappa shape index (κ2) is 7.03. The molecule has 2 heterocycles. The number of sulfone groups is 1.